The molecule has 0 atom stereocenters. The Bertz CT molecular complexity index is 317. The Morgan fingerprint density at radius 3 is 3.00 bits per heavy atom. The van der Waals surface area contributed by atoms with Crippen molar-refractivity contribution in [3.05, 3.63) is 22.8 Å². The van der Waals surface area contributed by atoms with Crippen molar-refractivity contribution in [2.45, 2.75) is 6.42 Å². The zero-order valence-corrected chi connectivity index (χ0v) is 7.43. The molecule has 0 aromatic carbocycles. The Morgan fingerprint density at radius 2 is 2.42 bits per heavy atom. The van der Waals surface area contributed by atoms with Gasteiger partial charge in [-0.3, -0.25) is 0 Å². The zero-order chi connectivity index (χ0) is 8.97. The van der Waals surface area contributed by atoms with E-state index in [4.69, 9.17) is 22.8 Å². The number of ether oxygens (including phenoxy) is 1. The first-order valence-electron chi connectivity index (χ1n) is 3.41. The van der Waals surface area contributed by atoms with Crippen molar-refractivity contribution in [3.8, 4) is 18.2 Å². The maximum absolute atomic E-state index is 5.65. The smallest absolute Gasteiger partial charge is 0.218 e. The first-order chi connectivity index (χ1) is 5.77. The van der Waals surface area contributed by atoms with Gasteiger partial charge in [-0.2, -0.15) is 0 Å². The van der Waals surface area contributed by atoms with Crippen LogP contribution in [0.5, 0.6) is 5.88 Å². The highest BCUT2D eigenvalue weighted by Crippen LogP contribution is 2.18. The standard InChI is InChI=1S/C9H8ClNO/c1-3-4-7-5-6-8(10)11-9(7)12-2/h1,5-6H,4H2,2H3. The number of hydrogen-bond donors (Lipinski definition) is 0. The summed E-state index contributed by atoms with van der Waals surface area (Å²) >= 11 is 5.65. The normalized spacial score (nSPS) is 9.08. The quantitative estimate of drug-likeness (QED) is 0.514. The molecule has 1 heterocycles. The Labute approximate surface area is 76.5 Å². The van der Waals surface area contributed by atoms with Crippen LogP contribution < -0.4 is 4.74 Å². The summed E-state index contributed by atoms with van der Waals surface area (Å²) in [6, 6.07) is 3.50. The molecule has 0 spiro atoms. The average molecular weight is 182 g/mol. The van der Waals surface area contributed by atoms with E-state index >= 15 is 0 Å². The van der Waals surface area contributed by atoms with E-state index in [9.17, 15) is 0 Å². The minimum Gasteiger partial charge on any atom is -0.481 e. The van der Waals surface area contributed by atoms with Gasteiger partial charge in [0, 0.05) is 12.0 Å². The van der Waals surface area contributed by atoms with E-state index < -0.39 is 0 Å². The summed E-state index contributed by atoms with van der Waals surface area (Å²) in [6.07, 6.45) is 5.66. The highest BCUT2D eigenvalue weighted by Gasteiger charge is 2.02. The average Bonchev–Trinajstić information content (AvgIpc) is 2.08. The molecule has 0 amide bonds. The predicted molar refractivity (Wildman–Crippen MR) is 48.3 cm³/mol. The SMILES string of the molecule is C#CCc1ccc(Cl)nc1OC. The van der Waals surface area contributed by atoms with Crippen LogP contribution >= 0.6 is 11.6 Å². The molecular weight excluding hydrogens is 174 g/mol. The second-order valence-corrected chi connectivity index (χ2v) is 2.57. The molecule has 0 fully saturated rings. The maximum atomic E-state index is 5.65. The summed E-state index contributed by atoms with van der Waals surface area (Å²) in [5, 5.41) is 0.410. The van der Waals surface area contributed by atoms with Crippen LogP contribution in [0.15, 0.2) is 12.1 Å². The van der Waals surface area contributed by atoms with Gasteiger partial charge in [-0.15, -0.1) is 12.3 Å². The van der Waals surface area contributed by atoms with Crippen LogP contribution in [0.25, 0.3) is 0 Å². The van der Waals surface area contributed by atoms with Crippen LogP contribution in [0.1, 0.15) is 5.56 Å². The number of hydrogen-bond acceptors (Lipinski definition) is 2. The maximum Gasteiger partial charge on any atom is 0.218 e. The molecule has 0 aliphatic rings. The van der Waals surface area contributed by atoms with Crippen molar-refractivity contribution >= 4 is 11.6 Å². The first kappa shape index (κ1) is 8.89. The topological polar surface area (TPSA) is 22.1 Å². The van der Waals surface area contributed by atoms with Crippen molar-refractivity contribution in [3.63, 3.8) is 0 Å². The fourth-order valence-corrected chi connectivity index (χ4v) is 1.01. The molecule has 0 saturated heterocycles. The zero-order valence-electron chi connectivity index (χ0n) is 6.67. The molecule has 0 saturated carbocycles. The Balaban J connectivity index is 3.04. The molecule has 0 radical (unpaired) electrons. The van der Waals surface area contributed by atoms with Gasteiger partial charge in [-0.1, -0.05) is 11.6 Å². The van der Waals surface area contributed by atoms with Gasteiger partial charge in [0.25, 0.3) is 0 Å². The van der Waals surface area contributed by atoms with Crippen LogP contribution in [0.2, 0.25) is 5.15 Å². The van der Waals surface area contributed by atoms with E-state index in [1.807, 2.05) is 6.07 Å². The van der Waals surface area contributed by atoms with Gasteiger partial charge in [-0.05, 0) is 12.1 Å². The molecular formula is C9H8ClNO. The molecule has 1 aromatic heterocycles. The Kier molecular flexibility index (Phi) is 2.95. The van der Waals surface area contributed by atoms with Crippen LogP contribution in [-0.2, 0) is 6.42 Å². The van der Waals surface area contributed by atoms with Crippen molar-refractivity contribution in [2.24, 2.45) is 0 Å². The third kappa shape index (κ3) is 1.90. The van der Waals surface area contributed by atoms with Gasteiger partial charge < -0.3 is 4.74 Å². The molecule has 12 heavy (non-hydrogen) atoms. The number of nitrogens with zero attached hydrogens (tertiary/aromatic N) is 1. The van der Waals surface area contributed by atoms with Gasteiger partial charge in [0.1, 0.15) is 5.15 Å². The Morgan fingerprint density at radius 1 is 1.67 bits per heavy atom. The molecule has 2 nitrogen and oxygen atoms in total. The largest absolute Gasteiger partial charge is 0.481 e. The summed E-state index contributed by atoms with van der Waals surface area (Å²) in [5.41, 5.74) is 0.879. The van der Waals surface area contributed by atoms with Crippen LogP contribution in [-0.4, -0.2) is 12.1 Å². The lowest BCUT2D eigenvalue weighted by atomic mass is 10.2. The number of halogens is 1. The molecule has 62 valence electrons. The van der Waals surface area contributed by atoms with E-state index in [1.165, 1.54) is 0 Å². The number of rotatable bonds is 2. The van der Waals surface area contributed by atoms with Crippen molar-refractivity contribution in [1.29, 1.82) is 0 Å². The van der Waals surface area contributed by atoms with Crippen molar-refractivity contribution < 1.29 is 4.74 Å². The molecule has 0 N–H and O–H groups in total. The third-order valence-electron chi connectivity index (χ3n) is 1.39. The van der Waals surface area contributed by atoms with Crippen LogP contribution in [0, 0.1) is 12.3 Å². The lowest BCUT2D eigenvalue weighted by molar-refractivity contribution is 0.394. The van der Waals surface area contributed by atoms with Crippen LogP contribution in [0.3, 0.4) is 0 Å². The number of terminal acetylenes is 1. The van der Waals surface area contributed by atoms with Crippen molar-refractivity contribution in [1.82, 2.24) is 4.98 Å². The molecule has 1 rings (SSSR count). The fourth-order valence-electron chi connectivity index (χ4n) is 0.868. The van der Waals surface area contributed by atoms with Gasteiger partial charge in [0.05, 0.1) is 7.11 Å². The summed E-state index contributed by atoms with van der Waals surface area (Å²) in [7, 11) is 1.54. The molecule has 3 heteroatoms. The molecule has 0 aliphatic heterocycles. The van der Waals surface area contributed by atoms with Crippen molar-refractivity contribution in [2.75, 3.05) is 7.11 Å². The second-order valence-electron chi connectivity index (χ2n) is 2.18. The third-order valence-corrected chi connectivity index (χ3v) is 1.60. The van der Waals surface area contributed by atoms with E-state index in [1.54, 1.807) is 13.2 Å². The van der Waals surface area contributed by atoms with E-state index in [-0.39, 0.29) is 0 Å². The van der Waals surface area contributed by atoms with Gasteiger partial charge in [0.15, 0.2) is 0 Å². The van der Waals surface area contributed by atoms with Gasteiger partial charge in [-0.25, -0.2) is 4.98 Å². The molecule has 1 aromatic rings. The molecule has 0 unspecified atom stereocenters. The fraction of sp³-hybridized carbons (Fsp3) is 0.222. The van der Waals surface area contributed by atoms with E-state index in [0.717, 1.165) is 5.56 Å². The number of pyridine rings is 1. The molecule has 0 aliphatic carbocycles. The second kappa shape index (κ2) is 3.99. The van der Waals surface area contributed by atoms with E-state index in [2.05, 4.69) is 10.9 Å². The first-order valence-corrected chi connectivity index (χ1v) is 3.78. The minimum absolute atomic E-state index is 0.410. The number of aromatic nitrogens is 1. The highest BCUT2D eigenvalue weighted by molar-refractivity contribution is 6.29. The molecule has 0 bridgehead atoms. The number of methoxy groups -OCH3 is 1. The minimum atomic E-state index is 0.410. The Hall–Kier alpha value is -1.20. The monoisotopic (exact) mass is 181 g/mol. The predicted octanol–water partition coefficient (Wildman–Crippen LogP) is 1.92. The van der Waals surface area contributed by atoms with Gasteiger partial charge >= 0.3 is 0 Å². The lowest BCUT2D eigenvalue weighted by Gasteiger charge is -2.03. The van der Waals surface area contributed by atoms with E-state index in [0.29, 0.717) is 17.5 Å². The summed E-state index contributed by atoms with van der Waals surface area (Å²) < 4.78 is 4.99. The van der Waals surface area contributed by atoms with Crippen LogP contribution in [0.4, 0.5) is 0 Å². The summed E-state index contributed by atoms with van der Waals surface area (Å²) in [5.74, 6) is 3.02. The van der Waals surface area contributed by atoms with Gasteiger partial charge in [0.2, 0.25) is 5.88 Å². The summed E-state index contributed by atoms with van der Waals surface area (Å²) in [4.78, 5) is 3.96. The lowest BCUT2D eigenvalue weighted by Crippen LogP contribution is -1.94. The summed E-state index contributed by atoms with van der Waals surface area (Å²) in [6.45, 7) is 0. The highest BCUT2D eigenvalue weighted by atomic mass is 35.5.